The number of nitrogens with two attached hydrogens (primary N) is 1. The zero-order valence-electron chi connectivity index (χ0n) is 15.5. The van der Waals surface area contributed by atoms with Gasteiger partial charge in [-0.3, -0.25) is 9.48 Å². The normalized spacial score (nSPS) is 10.9. The molecule has 1 amide bonds. The summed E-state index contributed by atoms with van der Waals surface area (Å²) in [4.78, 5) is 18.8. The van der Waals surface area contributed by atoms with Crippen molar-refractivity contribution in [3.8, 4) is 33.8 Å². The predicted molar refractivity (Wildman–Crippen MR) is 105 cm³/mol. The van der Waals surface area contributed by atoms with E-state index in [4.69, 9.17) is 15.2 Å². The van der Waals surface area contributed by atoms with Crippen molar-refractivity contribution in [2.45, 2.75) is 6.54 Å². The van der Waals surface area contributed by atoms with E-state index in [2.05, 4.69) is 21.1 Å². The molecule has 3 aromatic heterocycles. The molecular weight excluding hydrogens is 358 g/mol. The first kappa shape index (κ1) is 17.6. The zero-order chi connectivity index (χ0) is 19.7. The smallest absolute Gasteiger partial charge is 0.239 e. The number of ether oxygens (including phenoxy) is 2. The Bertz CT molecular complexity index is 1160. The van der Waals surface area contributed by atoms with E-state index in [0.29, 0.717) is 11.5 Å². The van der Waals surface area contributed by atoms with Gasteiger partial charge >= 0.3 is 0 Å². The van der Waals surface area contributed by atoms with Gasteiger partial charge in [0, 0.05) is 40.7 Å². The van der Waals surface area contributed by atoms with Crippen molar-refractivity contribution in [2.24, 2.45) is 5.73 Å². The van der Waals surface area contributed by atoms with E-state index >= 15 is 0 Å². The SMILES string of the molecule is COc1ccc(-c2cnc3[nH]cc(-c4cnn(CC(N)=O)c4)c3c2)cc1OC. The number of nitrogens with one attached hydrogen (secondary N) is 1. The lowest BCUT2D eigenvalue weighted by atomic mass is 10.0. The van der Waals surface area contributed by atoms with Crippen molar-refractivity contribution < 1.29 is 14.3 Å². The molecule has 0 aliphatic rings. The van der Waals surface area contributed by atoms with Crippen molar-refractivity contribution in [3.05, 3.63) is 49.1 Å². The predicted octanol–water partition coefficient (Wildman–Crippen LogP) is 2.60. The Labute approximate surface area is 160 Å². The molecule has 0 aliphatic carbocycles. The van der Waals surface area contributed by atoms with Crippen molar-refractivity contribution in [1.82, 2.24) is 19.7 Å². The number of benzene rings is 1. The fourth-order valence-electron chi connectivity index (χ4n) is 3.16. The number of rotatable bonds is 6. The van der Waals surface area contributed by atoms with Gasteiger partial charge < -0.3 is 20.2 Å². The minimum atomic E-state index is -0.439. The Balaban J connectivity index is 1.76. The van der Waals surface area contributed by atoms with Crippen LogP contribution in [0.4, 0.5) is 0 Å². The van der Waals surface area contributed by atoms with Gasteiger partial charge in [0.1, 0.15) is 12.2 Å². The minimum Gasteiger partial charge on any atom is -0.493 e. The maximum atomic E-state index is 11.1. The number of primary amides is 1. The third-order valence-corrected chi connectivity index (χ3v) is 4.51. The van der Waals surface area contributed by atoms with Crippen LogP contribution in [0.15, 0.2) is 49.1 Å². The standard InChI is InChI=1S/C20H19N5O3/c1-27-17-4-3-12(6-18(17)28-2)13-5-15-16(9-23-20(15)22-7-13)14-8-24-25(10-14)11-19(21)26/h3-10H,11H2,1-2H3,(H2,21,26)(H,22,23). The Morgan fingerprint density at radius 3 is 2.68 bits per heavy atom. The largest absolute Gasteiger partial charge is 0.493 e. The number of carbonyl (C=O) groups excluding carboxylic acids is 1. The van der Waals surface area contributed by atoms with Crippen LogP contribution in [0.1, 0.15) is 0 Å². The summed E-state index contributed by atoms with van der Waals surface area (Å²) >= 11 is 0. The van der Waals surface area contributed by atoms with E-state index in [1.165, 1.54) is 4.68 Å². The first-order valence-electron chi connectivity index (χ1n) is 8.59. The number of fused-ring (bicyclic) bond motifs is 1. The molecule has 0 saturated carbocycles. The van der Waals surface area contributed by atoms with E-state index < -0.39 is 5.91 Å². The Hall–Kier alpha value is -3.81. The quantitative estimate of drug-likeness (QED) is 0.537. The molecule has 0 bridgehead atoms. The molecule has 8 nitrogen and oxygen atoms in total. The first-order chi connectivity index (χ1) is 13.6. The van der Waals surface area contributed by atoms with Gasteiger partial charge in [-0.1, -0.05) is 6.07 Å². The molecule has 0 radical (unpaired) electrons. The van der Waals surface area contributed by atoms with Crippen molar-refractivity contribution in [1.29, 1.82) is 0 Å². The van der Waals surface area contributed by atoms with E-state index in [1.54, 1.807) is 32.8 Å². The van der Waals surface area contributed by atoms with Gasteiger partial charge in [-0.2, -0.15) is 5.10 Å². The number of aromatic amines is 1. The van der Waals surface area contributed by atoms with E-state index in [9.17, 15) is 4.79 Å². The number of hydrogen-bond donors (Lipinski definition) is 2. The molecule has 0 spiro atoms. The molecule has 0 aliphatic heterocycles. The highest BCUT2D eigenvalue weighted by atomic mass is 16.5. The number of carbonyl (C=O) groups is 1. The van der Waals surface area contributed by atoms with Gasteiger partial charge in [0.05, 0.1) is 20.4 Å². The van der Waals surface area contributed by atoms with Gasteiger partial charge in [-0.15, -0.1) is 0 Å². The topological polar surface area (TPSA) is 108 Å². The minimum absolute atomic E-state index is 0.0392. The van der Waals surface area contributed by atoms with Crippen molar-refractivity contribution >= 4 is 16.9 Å². The number of nitrogens with zero attached hydrogens (tertiary/aromatic N) is 3. The lowest BCUT2D eigenvalue weighted by Crippen LogP contribution is -2.18. The number of H-pyrrole nitrogens is 1. The molecule has 0 fully saturated rings. The molecule has 1 aromatic carbocycles. The summed E-state index contributed by atoms with van der Waals surface area (Å²) in [5.41, 5.74) is 9.73. The average Bonchev–Trinajstić information content (AvgIpc) is 3.32. The molecule has 4 rings (SSSR count). The van der Waals surface area contributed by atoms with Gasteiger partial charge in [0.2, 0.25) is 5.91 Å². The second-order valence-corrected chi connectivity index (χ2v) is 6.29. The van der Waals surface area contributed by atoms with Crippen LogP contribution in [0.25, 0.3) is 33.3 Å². The van der Waals surface area contributed by atoms with Crippen LogP contribution in [0.3, 0.4) is 0 Å². The summed E-state index contributed by atoms with van der Waals surface area (Å²) in [5.74, 6) is 0.887. The Kier molecular flexibility index (Phi) is 4.44. The highest BCUT2D eigenvalue weighted by Crippen LogP contribution is 2.34. The van der Waals surface area contributed by atoms with Gasteiger partial charge in [0.15, 0.2) is 11.5 Å². The summed E-state index contributed by atoms with van der Waals surface area (Å²) in [6, 6.07) is 7.80. The first-order valence-corrected chi connectivity index (χ1v) is 8.59. The molecule has 4 aromatic rings. The van der Waals surface area contributed by atoms with E-state index in [-0.39, 0.29) is 6.54 Å². The second-order valence-electron chi connectivity index (χ2n) is 6.29. The maximum absolute atomic E-state index is 11.1. The van der Waals surface area contributed by atoms with E-state index in [1.807, 2.05) is 24.4 Å². The van der Waals surface area contributed by atoms with Crippen LogP contribution in [-0.2, 0) is 11.3 Å². The van der Waals surface area contributed by atoms with Gasteiger partial charge in [0.25, 0.3) is 0 Å². The summed E-state index contributed by atoms with van der Waals surface area (Å²) in [6.45, 7) is 0.0392. The molecular formula is C20H19N5O3. The third-order valence-electron chi connectivity index (χ3n) is 4.51. The zero-order valence-corrected chi connectivity index (χ0v) is 15.5. The van der Waals surface area contributed by atoms with Crippen molar-refractivity contribution in [2.75, 3.05) is 14.2 Å². The lowest BCUT2D eigenvalue weighted by molar-refractivity contribution is -0.118. The number of hydrogen-bond acceptors (Lipinski definition) is 5. The average molecular weight is 377 g/mol. The summed E-state index contributed by atoms with van der Waals surface area (Å²) < 4.78 is 12.2. The molecule has 0 atom stereocenters. The lowest BCUT2D eigenvalue weighted by Gasteiger charge is -2.09. The highest BCUT2D eigenvalue weighted by Gasteiger charge is 2.13. The van der Waals surface area contributed by atoms with Crippen LogP contribution in [0.2, 0.25) is 0 Å². The van der Waals surface area contributed by atoms with Crippen LogP contribution in [-0.4, -0.2) is 39.9 Å². The summed E-state index contributed by atoms with van der Waals surface area (Å²) in [5, 5.41) is 5.14. The van der Waals surface area contributed by atoms with Crippen LogP contribution in [0.5, 0.6) is 11.5 Å². The van der Waals surface area contributed by atoms with Crippen LogP contribution < -0.4 is 15.2 Å². The highest BCUT2D eigenvalue weighted by molar-refractivity contribution is 5.95. The summed E-state index contributed by atoms with van der Waals surface area (Å²) in [6.07, 6.45) is 7.17. The monoisotopic (exact) mass is 377 g/mol. The molecule has 8 heteroatoms. The molecule has 3 N–H and O–H groups in total. The third kappa shape index (κ3) is 3.16. The number of aromatic nitrogens is 4. The molecule has 142 valence electrons. The van der Waals surface area contributed by atoms with Crippen LogP contribution in [0, 0.1) is 0 Å². The van der Waals surface area contributed by atoms with E-state index in [0.717, 1.165) is 33.3 Å². The molecule has 0 saturated heterocycles. The number of methoxy groups -OCH3 is 2. The van der Waals surface area contributed by atoms with Gasteiger partial charge in [-0.25, -0.2) is 4.98 Å². The van der Waals surface area contributed by atoms with Crippen LogP contribution >= 0.6 is 0 Å². The fourth-order valence-corrected chi connectivity index (χ4v) is 3.16. The molecule has 3 heterocycles. The molecule has 0 unspecified atom stereocenters. The maximum Gasteiger partial charge on any atom is 0.239 e. The Morgan fingerprint density at radius 1 is 1.11 bits per heavy atom. The van der Waals surface area contributed by atoms with Crippen molar-refractivity contribution in [3.63, 3.8) is 0 Å². The second kappa shape index (κ2) is 7.07. The number of amides is 1. The fraction of sp³-hybridized carbons (Fsp3) is 0.150. The molecule has 28 heavy (non-hydrogen) atoms. The Morgan fingerprint density at radius 2 is 1.93 bits per heavy atom. The van der Waals surface area contributed by atoms with Gasteiger partial charge in [-0.05, 0) is 23.8 Å². The summed E-state index contributed by atoms with van der Waals surface area (Å²) in [7, 11) is 3.21. The number of pyridine rings is 1.